The summed E-state index contributed by atoms with van der Waals surface area (Å²) in [6.45, 7) is 3.86. The van der Waals surface area contributed by atoms with E-state index in [9.17, 15) is 4.79 Å². The maximum atomic E-state index is 11.8. The summed E-state index contributed by atoms with van der Waals surface area (Å²) in [7, 11) is 3.25. The number of hydrogen-bond acceptors (Lipinski definition) is 3. The molecule has 2 aromatic carbocycles. The number of hydrogen-bond donors (Lipinski definition) is 0. The molecule has 3 nitrogen and oxygen atoms in total. The number of ether oxygens (including phenoxy) is 2. The highest BCUT2D eigenvalue weighted by atomic mass is 16.5. The van der Waals surface area contributed by atoms with Crippen molar-refractivity contribution in [1.29, 1.82) is 0 Å². The molecule has 22 heavy (non-hydrogen) atoms. The Balaban J connectivity index is 2.22. The molecular weight excluding hydrogens is 276 g/mol. The van der Waals surface area contributed by atoms with Crippen LogP contribution in [-0.2, 0) is 11.2 Å². The molecule has 2 rings (SSSR count). The third kappa shape index (κ3) is 3.67. The third-order valence-electron chi connectivity index (χ3n) is 3.69. The van der Waals surface area contributed by atoms with Crippen molar-refractivity contribution < 1.29 is 14.3 Å². The van der Waals surface area contributed by atoms with Gasteiger partial charge in [0.15, 0.2) is 11.5 Å². The summed E-state index contributed by atoms with van der Waals surface area (Å²) in [4.78, 5) is 11.8. The molecule has 0 aromatic heterocycles. The van der Waals surface area contributed by atoms with Gasteiger partial charge in [0.05, 0.1) is 14.2 Å². The number of carbonyl (C=O) groups excluding carboxylic acids is 1. The Morgan fingerprint density at radius 1 is 0.909 bits per heavy atom. The number of rotatable bonds is 6. The molecule has 2 aromatic rings. The number of carbonyl (C=O) groups is 1. The minimum Gasteiger partial charge on any atom is -0.493 e. The molecule has 0 atom stereocenters. The molecule has 0 N–H and O–H groups in total. The van der Waals surface area contributed by atoms with E-state index in [1.165, 1.54) is 0 Å². The fourth-order valence-electron chi connectivity index (χ4n) is 2.24. The fourth-order valence-corrected chi connectivity index (χ4v) is 2.24. The van der Waals surface area contributed by atoms with E-state index in [0.29, 0.717) is 17.9 Å². The summed E-state index contributed by atoms with van der Waals surface area (Å²) in [6.07, 6.45) is 0.490. The lowest BCUT2D eigenvalue weighted by Crippen LogP contribution is -2.09. The predicted octanol–water partition coefficient (Wildman–Crippen LogP) is 4.14. The van der Waals surface area contributed by atoms with Gasteiger partial charge in [0.1, 0.15) is 5.78 Å². The van der Waals surface area contributed by atoms with Crippen LogP contribution in [0.3, 0.4) is 0 Å². The van der Waals surface area contributed by atoms with Crippen molar-refractivity contribution in [3.8, 4) is 22.6 Å². The van der Waals surface area contributed by atoms with Crippen molar-refractivity contribution in [3.63, 3.8) is 0 Å². The van der Waals surface area contributed by atoms with Crippen LogP contribution in [0.1, 0.15) is 19.4 Å². The summed E-state index contributed by atoms with van der Waals surface area (Å²) >= 11 is 0. The minimum atomic E-state index is 0.0746. The van der Waals surface area contributed by atoms with Gasteiger partial charge >= 0.3 is 0 Å². The highest BCUT2D eigenvalue weighted by Crippen LogP contribution is 2.32. The molecule has 0 saturated heterocycles. The van der Waals surface area contributed by atoms with Crippen LogP contribution in [0.4, 0.5) is 0 Å². The van der Waals surface area contributed by atoms with Gasteiger partial charge in [0, 0.05) is 12.3 Å². The quantitative estimate of drug-likeness (QED) is 0.804. The van der Waals surface area contributed by atoms with Crippen LogP contribution < -0.4 is 9.47 Å². The highest BCUT2D eigenvalue weighted by molar-refractivity contribution is 5.82. The second-order valence-electron chi connectivity index (χ2n) is 5.56. The molecule has 0 bridgehead atoms. The zero-order chi connectivity index (χ0) is 16.1. The number of methoxy groups -OCH3 is 2. The van der Waals surface area contributed by atoms with Gasteiger partial charge in [-0.2, -0.15) is 0 Å². The normalized spacial score (nSPS) is 10.6. The van der Waals surface area contributed by atoms with E-state index in [1.54, 1.807) is 14.2 Å². The van der Waals surface area contributed by atoms with Crippen LogP contribution in [0, 0.1) is 5.92 Å². The smallest absolute Gasteiger partial charge is 0.161 e. The molecule has 0 spiro atoms. The van der Waals surface area contributed by atoms with Crippen LogP contribution in [0.5, 0.6) is 11.5 Å². The lowest BCUT2D eigenvalue weighted by atomic mass is 9.98. The van der Waals surface area contributed by atoms with Crippen molar-refractivity contribution in [2.75, 3.05) is 14.2 Å². The standard InChI is InChI=1S/C19H22O3/c1-13(2)17(20)11-14-5-7-15(8-6-14)16-9-10-18(21-3)19(12-16)22-4/h5-10,12-13H,11H2,1-4H3. The Bertz CT molecular complexity index is 642. The SMILES string of the molecule is COc1ccc(-c2ccc(CC(=O)C(C)C)cc2)cc1OC. The molecule has 0 aliphatic rings. The summed E-state index contributed by atoms with van der Waals surface area (Å²) in [5.74, 6) is 1.76. The molecule has 0 amide bonds. The van der Waals surface area contributed by atoms with E-state index < -0.39 is 0 Å². The Morgan fingerprint density at radius 3 is 2.05 bits per heavy atom. The number of Topliss-reactive ketones (excluding diaryl/α,β-unsaturated/α-hetero) is 1. The molecule has 0 fully saturated rings. The van der Waals surface area contributed by atoms with Crippen molar-refractivity contribution >= 4 is 5.78 Å². The van der Waals surface area contributed by atoms with Gasteiger partial charge in [-0.3, -0.25) is 4.79 Å². The Kier molecular flexibility index (Phi) is 5.21. The Hall–Kier alpha value is -2.29. The molecule has 0 heterocycles. The second kappa shape index (κ2) is 7.12. The zero-order valence-corrected chi connectivity index (χ0v) is 13.6. The summed E-state index contributed by atoms with van der Waals surface area (Å²) in [5.41, 5.74) is 3.18. The predicted molar refractivity (Wildman–Crippen MR) is 88.5 cm³/mol. The lowest BCUT2D eigenvalue weighted by molar-refractivity contribution is -0.121. The Labute approximate surface area is 131 Å². The first kappa shape index (κ1) is 16.1. The van der Waals surface area contributed by atoms with Crippen LogP contribution in [0.25, 0.3) is 11.1 Å². The van der Waals surface area contributed by atoms with Crippen molar-refractivity contribution in [2.24, 2.45) is 5.92 Å². The lowest BCUT2D eigenvalue weighted by Gasteiger charge is -2.10. The van der Waals surface area contributed by atoms with Gasteiger partial charge in [0.25, 0.3) is 0 Å². The van der Waals surface area contributed by atoms with E-state index in [2.05, 4.69) is 0 Å². The monoisotopic (exact) mass is 298 g/mol. The first-order chi connectivity index (χ1) is 10.5. The van der Waals surface area contributed by atoms with Crippen LogP contribution in [0.15, 0.2) is 42.5 Å². The Morgan fingerprint density at radius 2 is 1.50 bits per heavy atom. The van der Waals surface area contributed by atoms with E-state index in [1.807, 2.05) is 56.3 Å². The first-order valence-electron chi connectivity index (χ1n) is 7.39. The second-order valence-corrected chi connectivity index (χ2v) is 5.56. The maximum absolute atomic E-state index is 11.8. The molecule has 0 radical (unpaired) electrons. The van der Waals surface area contributed by atoms with Crippen LogP contribution >= 0.6 is 0 Å². The van der Waals surface area contributed by atoms with E-state index in [0.717, 1.165) is 16.7 Å². The molecular formula is C19H22O3. The molecule has 0 aliphatic heterocycles. The van der Waals surface area contributed by atoms with Gasteiger partial charge < -0.3 is 9.47 Å². The summed E-state index contributed by atoms with van der Waals surface area (Å²) < 4.78 is 10.6. The molecule has 0 unspecified atom stereocenters. The average Bonchev–Trinajstić information content (AvgIpc) is 2.54. The number of benzene rings is 2. The van der Waals surface area contributed by atoms with Crippen molar-refractivity contribution in [3.05, 3.63) is 48.0 Å². The first-order valence-corrected chi connectivity index (χ1v) is 7.39. The van der Waals surface area contributed by atoms with Gasteiger partial charge in [-0.15, -0.1) is 0 Å². The van der Waals surface area contributed by atoms with Gasteiger partial charge in [-0.05, 0) is 28.8 Å². The number of ketones is 1. The third-order valence-corrected chi connectivity index (χ3v) is 3.69. The topological polar surface area (TPSA) is 35.5 Å². The average molecular weight is 298 g/mol. The molecule has 0 saturated carbocycles. The largest absolute Gasteiger partial charge is 0.493 e. The highest BCUT2D eigenvalue weighted by Gasteiger charge is 2.09. The maximum Gasteiger partial charge on any atom is 0.161 e. The molecule has 0 aliphatic carbocycles. The summed E-state index contributed by atoms with van der Waals surface area (Å²) in [5, 5.41) is 0. The van der Waals surface area contributed by atoms with E-state index in [-0.39, 0.29) is 11.7 Å². The van der Waals surface area contributed by atoms with Crippen LogP contribution in [-0.4, -0.2) is 20.0 Å². The fraction of sp³-hybridized carbons (Fsp3) is 0.316. The molecule has 116 valence electrons. The van der Waals surface area contributed by atoms with Crippen LogP contribution in [0.2, 0.25) is 0 Å². The summed E-state index contributed by atoms with van der Waals surface area (Å²) in [6, 6.07) is 13.9. The van der Waals surface area contributed by atoms with Gasteiger partial charge in [0.2, 0.25) is 0 Å². The van der Waals surface area contributed by atoms with Crippen molar-refractivity contribution in [2.45, 2.75) is 20.3 Å². The van der Waals surface area contributed by atoms with E-state index >= 15 is 0 Å². The van der Waals surface area contributed by atoms with Gasteiger partial charge in [-0.1, -0.05) is 44.2 Å². The van der Waals surface area contributed by atoms with Gasteiger partial charge in [-0.25, -0.2) is 0 Å². The minimum absolute atomic E-state index is 0.0746. The molecule has 3 heteroatoms. The van der Waals surface area contributed by atoms with E-state index in [4.69, 9.17) is 9.47 Å². The zero-order valence-electron chi connectivity index (χ0n) is 13.6. The van der Waals surface area contributed by atoms with Crippen molar-refractivity contribution in [1.82, 2.24) is 0 Å².